The molecule has 0 saturated carbocycles. The number of nitrogens with zero attached hydrogens (tertiary/aromatic N) is 3. The van der Waals surface area contributed by atoms with Crippen LogP contribution in [0.4, 0.5) is 0 Å². The maximum atomic E-state index is 6.13. The number of rotatable bonds is 3. The number of methoxy groups -OCH3 is 2. The Hall–Kier alpha value is -2.08. The van der Waals surface area contributed by atoms with Gasteiger partial charge in [-0.05, 0) is 24.6 Å². The van der Waals surface area contributed by atoms with Crippen molar-refractivity contribution in [2.24, 2.45) is 5.73 Å². The van der Waals surface area contributed by atoms with Crippen molar-refractivity contribution in [3.63, 3.8) is 0 Å². The summed E-state index contributed by atoms with van der Waals surface area (Å²) in [5.74, 6) is 3.54. The van der Waals surface area contributed by atoms with Crippen LogP contribution in [0.3, 0.4) is 0 Å². The van der Waals surface area contributed by atoms with Crippen LogP contribution in [0.5, 0.6) is 11.5 Å². The summed E-state index contributed by atoms with van der Waals surface area (Å²) < 4.78 is 12.7. The van der Waals surface area contributed by atoms with Crippen LogP contribution in [0, 0.1) is 0 Å². The molecule has 0 fully saturated rings. The lowest BCUT2D eigenvalue weighted by molar-refractivity contribution is 0.355. The third kappa shape index (κ3) is 2.35. The normalized spacial score (nSPS) is 21.0. The van der Waals surface area contributed by atoms with Crippen molar-refractivity contribution in [2.45, 2.75) is 31.8 Å². The summed E-state index contributed by atoms with van der Waals surface area (Å²) in [6.07, 6.45) is 0.948. The zero-order chi connectivity index (χ0) is 15.0. The van der Waals surface area contributed by atoms with Crippen LogP contribution in [0.1, 0.15) is 25.1 Å². The summed E-state index contributed by atoms with van der Waals surface area (Å²) in [6, 6.07) is 5.90. The number of ether oxygens (including phenoxy) is 2. The van der Waals surface area contributed by atoms with Crippen LogP contribution in [-0.2, 0) is 6.54 Å². The van der Waals surface area contributed by atoms with E-state index in [0.717, 1.165) is 30.2 Å². The van der Waals surface area contributed by atoms with E-state index in [-0.39, 0.29) is 6.04 Å². The predicted molar refractivity (Wildman–Crippen MR) is 79.6 cm³/mol. The summed E-state index contributed by atoms with van der Waals surface area (Å²) in [5, 5.41) is 8.68. The van der Waals surface area contributed by atoms with Crippen LogP contribution in [0.25, 0.3) is 11.4 Å². The molecule has 0 saturated heterocycles. The summed E-state index contributed by atoms with van der Waals surface area (Å²) in [7, 11) is 3.25. The van der Waals surface area contributed by atoms with Gasteiger partial charge in [-0.3, -0.25) is 0 Å². The fraction of sp³-hybridized carbons (Fsp3) is 0.467. The summed E-state index contributed by atoms with van der Waals surface area (Å²) in [4.78, 5) is 0. The van der Waals surface area contributed by atoms with Crippen LogP contribution in [-0.4, -0.2) is 35.0 Å². The number of fused-ring (bicyclic) bond motifs is 1. The second-order valence-electron chi connectivity index (χ2n) is 5.46. The van der Waals surface area contributed by atoms with Gasteiger partial charge >= 0.3 is 0 Å². The van der Waals surface area contributed by atoms with Crippen LogP contribution >= 0.6 is 0 Å². The Bertz CT molecular complexity index is 653. The van der Waals surface area contributed by atoms with E-state index < -0.39 is 0 Å². The lowest BCUT2D eigenvalue weighted by Gasteiger charge is -2.25. The molecule has 112 valence electrons. The quantitative estimate of drug-likeness (QED) is 0.932. The van der Waals surface area contributed by atoms with Crippen molar-refractivity contribution in [3.05, 3.63) is 24.0 Å². The van der Waals surface area contributed by atoms with Crippen LogP contribution < -0.4 is 15.2 Å². The van der Waals surface area contributed by atoms with Gasteiger partial charge in [-0.15, -0.1) is 10.2 Å². The molecule has 2 N–H and O–H groups in total. The number of hydrogen-bond acceptors (Lipinski definition) is 5. The first-order chi connectivity index (χ1) is 10.1. The van der Waals surface area contributed by atoms with Gasteiger partial charge in [-0.2, -0.15) is 0 Å². The maximum Gasteiger partial charge on any atom is 0.164 e. The lowest BCUT2D eigenvalue weighted by Crippen LogP contribution is -2.33. The van der Waals surface area contributed by atoms with Crippen molar-refractivity contribution >= 4 is 0 Å². The monoisotopic (exact) mass is 288 g/mol. The van der Waals surface area contributed by atoms with E-state index in [1.165, 1.54) is 0 Å². The Morgan fingerprint density at radius 3 is 2.67 bits per heavy atom. The molecule has 0 amide bonds. The van der Waals surface area contributed by atoms with Crippen molar-refractivity contribution in [1.29, 1.82) is 0 Å². The first-order valence-corrected chi connectivity index (χ1v) is 7.05. The fourth-order valence-electron chi connectivity index (χ4n) is 2.92. The molecule has 0 aliphatic carbocycles. The molecule has 0 radical (unpaired) electrons. The van der Waals surface area contributed by atoms with Crippen molar-refractivity contribution < 1.29 is 9.47 Å². The van der Waals surface area contributed by atoms with E-state index >= 15 is 0 Å². The van der Waals surface area contributed by atoms with E-state index in [4.69, 9.17) is 15.2 Å². The molecule has 2 unspecified atom stereocenters. The van der Waals surface area contributed by atoms with Crippen LogP contribution in [0.15, 0.2) is 18.2 Å². The second kappa shape index (κ2) is 5.37. The number of aromatic nitrogens is 3. The molecule has 2 heterocycles. The molecular weight excluding hydrogens is 268 g/mol. The van der Waals surface area contributed by atoms with Gasteiger partial charge in [0.05, 0.1) is 14.2 Å². The Labute approximate surface area is 123 Å². The fourth-order valence-corrected chi connectivity index (χ4v) is 2.92. The van der Waals surface area contributed by atoms with Crippen molar-refractivity contribution in [3.8, 4) is 22.9 Å². The number of benzene rings is 1. The highest BCUT2D eigenvalue weighted by molar-refractivity contribution is 5.61. The molecule has 1 aromatic carbocycles. The molecule has 1 aromatic heterocycles. The first-order valence-electron chi connectivity index (χ1n) is 7.05. The highest BCUT2D eigenvalue weighted by Gasteiger charge is 2.27. The van der Waals surface area contributed by atoms with Crippen molar-refractivity contribution in [1.82, 2.24) is 14.8 Å². The molecule has 1 aliphatic rings. The standard InChI is InChI=1S/C15H20N4O2/c1-9-6-11(16)8-19-14(9)17-18-15(19)10-4-5-12(20-2)13(7-10)21-3/h4-5,7,9,11H,6,8,16H2,1-3H3. The number of hydrogen-bond donors (Lipinski definition) is 1. The molecule has 0 spiro atoms. The molecule has 21 heavy (non-hydrogen) atoms. The molecule has 6 nitrogen and oxygen atoms in total. The Kier molecular flexibility index (Phi) is 3.55. The van der Waals surface area contributed by atoms with Gasteiger partial charge in [0, 0.05) is 24.1 Å². The van der Waals surface area contributed by atoms with Crippen molar-refractivity contribution in [2.75, 3.05) is 14.2 Å². The minimum absolute atomic E-state index is 0.141. The van der Waals surface area contributed by atoms with E-state index in [9.17, 15) is 0 Å². The zero-order valence-electron chi connectivity index (χ0n) is 12.5. The average molecular weight is 288 g/mol. The SMILES string of the molecule is COc1ccc(-c2nnc3n2CC(N)CC3C)cc1OC. The second-order valence-corrected chi connectivity index (χ2v) is 5.46. The minimum Gasteiger partial charge on any atom is -0.493 e. The van der Waals surface area contributed by atoms with Crippen LogP contribution in [0.2, 0.25) is 0 Å². The highest BCUT2D eigenvalue weighted by Crippen LogP contribution is 2.34. The van der Waals surface area contributed by atoms with E-state index in [0.29, 0.717) is 17.4 Å². The summed E-state index contributed by atoms with van der Waals surface area (Å²) in [5.41, 5.74) is 7.08. The topological polar surface area (TPSA) is 75.2 Å². The third-order valence-corrected chi connectivity index (χ3v) is 3.94. The zero-order valence-corrected chi connectivity index (χ0v) is 12.5. The smallest absolute Gasteiger partial charge is 0.164 e. The molecular formula is C15H20N4O2. The Balaban J connectivity index is 2.06. The minimum atomic E-state index is 0.141. The van der Waals surface area contributed by atoms with Gasteiger partial charge in [-0.1, -0.05) is 6.92 Å². The molecule has 3 rings (SSSR count). The molecule has 0 bridgehead atoms. The number of nitrogens with two attached hydrogens (primary N) is 1. The Morgan fingerprint density at radius 2 is 1.95 bits per heavy atom. The molecule has 6 heteroatoms. The molecule has 2 atom stereocenters. The molecule has 2 aromatic rings. The van der Waals surface area contributed by atoms with E-state index in [1.54, 1.807) is 14.2 Å². The van der Waals surface area contributed by atoms with Gasteiger partial charge in [-0.25, -0.2) is 0 Å². The van der Waals surface area contributed by atoms with Gasteiger partial charge in [0.2, 0.25) is 0 Å². The van der Waals surface area contributed by atoms with E-state index in [2.05, 4.69) is 21.7 Å². The predicted octanol–water partition coefficient (Wildman–Crippen LogP) is 1.80. The van der Waals surface area contributed by atoms with E-state index in [1.807, 2.05) is 18.2 Å². The third-order valence-electron chi connectivity index (χ3n) is 3.94. The van der Waals surface area contributed by atoms with Gasteiger partial charge in [0.25, 0.3) is 0 Å². The highest BCUT2D eigenvalue weighted by atomic mass is 16.5. The lowest BCUT2D eigenvalue weighted by atomic mass is 9.97. The first kappa shape index (κ1) is 13.9. The maximum absolute atomic E-state index is 6.13. The van der Waals surface area contributed by atoms with Gasteiger partial charge in [0.15, 0.2) is 17.3 Å². The summed E-state index contributed by atoms with van der Waals surface area (Å²) >= 11 is 0. The van der Waals surface area contributed by atoms with Gasteiger partial charge < -0.3 is 19.8 Å². The summed E-state index contributed by atoms with van der Waals surface area (Å²) in [6.45, 7) is 2.88. The largest absolute Gasteiger partial charge is 0.493 e. The van der Waals surface area contributed by atoms with Gasteiger partial charge in [0.1, 0.15) is 5.82 Å². The average Bonchev–Trinajstić information content (AvgIpc) is 2.90. The Morgan fingerprint density at radius 1 is 1.19 bits per heavy atom. The molecule has 1 aliphatic heterocycles.